The number of benzene rings is 4. The van der Waals surface area contributed by atoms with Gasteiger partial charge in [-0.15, -0.1) is 0 Å². The maximum Gasteiger partial charge on any atom is 0.261 e. The van der Waals surface area contributed by atoms with E-state index in [0.29, 0.717) is 28.8 Å². The summed E-state index contributed by atoms with van der Waals surface area (Å²) >= 11 is 12.3. The van der Waals surface area contributed by atoms with Crippen LogP contribution in [-0.4, -0.2) is 29.4 Å². The third-order valence-corrected chi connectivity index (χ3v) is 6.60. The number of carbonyl (C=O) groups is 2. The minimum atomic E-state index is -0.779. The van der Waals surface area contributed by atoms with Crippen LogP contribution in [0.4, 0.5) is 0 Å². The molecule has 0 heterocycles. The number of para-hydroxylation sites is 1. The number of amides is 2. The highest BCUT2D eigenvalue weighted by Crippen LogP contribution is 2.24. The first-order valence-electron chi connectivity index (χ1n) is 12.3. The molecule has 7 heteroatoms. The SMILES string of the molecule is O=C(NCc1ccccc1)[C@@H](Cc1ccccc1)N(Cc1ccc(Cl)cc1)C(=O)COc1ccccc1Cl. The van der Waals surface area contributed by atoms with Gasteiger partial charge in [0.05, 0.1) is 5.02 Å². The van der Waals surface area contributed by atoms with Crippen LogP contribution in [0, 0.1) is 0 Å². The molecule has 4 rings (SSSR count). The molecule has 0 radical (unpaired) electrons. The number of nitrogens with zero attached hydrogens (tertiary/aromatic N) is 1. The summed E-state index contributed by atoms with van der Waals surface area (Å²) in [6, 6.07) is 32.7. The molecule has 4 aromatic carbocycles. The molecule has 0 bridgehead atoms. The fourth-order valence-corrected chi connectivity index (χ4v) is 4.34. The molecule has 1 atom stereocenters. The Morgan fingerprint density at radius 3 is 2.00 bits per heavy atom. The summed E-state index contributed by atoms with van der Waals surface area (Å²) in [6.45, 7) is 0.288. The molecule has 194 valence electrons. The first kappa shape index (κ1) is 27.2. The van der Waals surface area contributed by atoms with E-state index in [0.717, 1.165) is 16.7 Å². The van der Waals surface area contributed by atoms with Crippen molar-refractivity contribution in [2.45, 2.75) is 25.6 Å². The number of hydrogen-bond donors (Lipinski definition) is 1. The number of nitrogens with one attached hydrogen (secondary N) is 1. The van der Waals surface area contributed by atoms with Gasteiger partial charge >= 0.3 is 0 Å². The monoisotopic (exact) mass is 546 g/mol. The summed E-state index contributed by atoms with van der Waals surface area (Å²) in [6.07, 6.45) is 0.340. The number of rotatable bonds is 11. The minimum absolute atomic E-state index is 0.206. The van der Waals surface area contributed by atoms with Crippen molar-refractivity contribution in [1.29, 1.82) is 0 Å². The second kappa shape index (κ2) is 13.7. The molecule has 0 aliphatic heterocycles. The summed E-state index contributed by atoms with van der Waals surface area (Å²) < 4.78 is 5.77. The molecule has 0 saturated carbocycles. The largest absolute Gasteiger partial charge is 0.482 e. The zero-order valence-electron chi connectivity index (χ0n) is 20.7. The van der Waals surface area contributed by atoms with Gasteiger partial charge in [-0.3, -0.25) is 9.59 Å². The van der Waals surface area contributed by atoms with Crippen LogP contribution in [0.5, 0.6) is 5.75 Å². The van der Waals surface area contributed by atoms with E-state index in [9.17, 15) is 9.59 Å². The second-order valence-corrected chi connectivity index (χ2v) is 9.62. The van der Waals surface area contributed by atoms with Crippen LogP contribution in [0.1, 0.15) is 16.7 Å². The lowest BCUT2D eigenvalue weighted by atomic mass is 10.0. The summed E-state index contributed by atoms with van der Waals surface area (Å²) in [5, 5.41) is 4.02. The van der Waals surface area contributed by atoms with Gasteiger partial charge < -0.3 is 15.0 Å². The Kier molecular flexibility index (Phi) is 9.79. The second-order valence-electron chi connectivity index (χ2n) is 8.78. The van der Waals surface area contributed by atoms with E-state index in [1.165, 1.54) is 0 Å². The van der Waals surface area contributed by atoms with E-state index >= 15 is 0 Å². The van der Waals surface area contributed by atoms with Crippen LogP contribution in [0.2, 0.25) is 10.0 Å². The van der Waals surface area contributed by atoms with E-state index in [1.807, 2.05) is 72.8 Å². The quantitative estimate of drug-likeness (QED) is 0.239. The molecule has 4 aromatic rings. The summed E-state index contributed by atoms with van der Waals surface area (Å²) in [4.78, 5) is 28.9. The topological polar surface area (TPSA) is 58.6 Å². The molecular formula is C31H28Cl2N2O3. The van der Waals surface area contributed by atoms with E-state index in [4.69, 9.17) is 27.9 Å². The Morgan fingerprint density at radius 1 is 0.737 bits per heavy atom. The van der Waals surface area contributed by atoms with Gasteiger partial charge in [0.25, 0.3) is 5.91 Å². The molecule has 0 unspecified atom stereocenters. The van der Waals surface area contributed by atoms with E-state index < -0.39 is 6.04 Å². The molecular weight excluding hydrogens is 519 g/mol. The molecule has 1 N–H and O–H groups in total. The van der Waals surface area contributed by atoms with Gasteiger partial charge in [-0.2, -0.15) is 0 Å². The van der Waals surface area contributed by atoms with Gasteiger partial charge in [0.1, 0.15) is 11.8 Å². The average Bonchev–Trinajstić information content (AvgIpc) is 2.95. The van der Waals surface area contributed by atoms with Gasteiger partial charge in [-0.05, 0) is 41.0 Å². The fourth-order valence-electron chi connectivity index (χ4n) is 4.03. The molecule has 0 aromatic heterocycles. The maximum atomic E-state index is 13.7. The Bertz CT molecular complexity index is 1330. The van der Waals surface area contributed by atoms with Gasteiger partial charge in [0, 0.05) is 24.5 Å². The lowest BCUT2D eigenvalue weighted by Gasteiger charge is -2.31. The Morgan fingerprint density at radius 2 is 1.34 bits per heavy atom. The smallest absolute Gasteiger partial charge is 0.261 e. The minimum Gasteiger partial charge on any atom is -0.482 e. The van der Waals surface area contributed by atoms with E-state index in [2.05, 4.69) is 5.32 Å². The molecule has 5 nitrogen and oxygen atoms in total. The molecule has 0 spiro atoms. The van der Waals surface area contributed by atoms with Gasteiger partial charge in [-0.25, -0.2) is 0 Å². The van der Waals surface area contributed by atoms with Crippen molar-refractivity contribution in [3.8, 4) is 5.75 Å². The number of carbonyl (C=O) groups excluding carboxylic acids is 2. The summed E-state index contributed by atoms with van der Waals surface area (Å²) in [5.41, 5.74) is 2.75. The van der Waals surface area contributed by atoms with Crippen molar-refractivity contribution >= 4 is 35.0 Å². The van der Waals surface area contributed by atoms with Crippen molar-refractivity contribution in [2.75, 3.05) is 6.61 Å². The van der Waals surface area contributed by atoms with Crippen LogP contribution in [0.15, 0.2) is 109 Å². The van der Waals surface area contributed by atoms with Gasteiger partial charge in [0.2, 0.25) is 5.91 Å². The predicted octanol–water partition coefficient (Wildman–Crippen LogP) is 6.33. The maximum absolute atomic E-state index is 13.7. The Labute approximate surface area is 233 Å². The third-order valence-electron chi connectivity index (χ3n) is 6.03. The highest BCUT2D eigenvalue weighted by molar-refractivity contribution is 6.32. The highest BCUT2D eigenvalue weighted by Gasteiger charge is 2.30. The van der Waals surface area contributed by atoms with Crippen molar-refractivity contribution in [1.82, 2.24) is 10.2 Å². The molecule has 38 heavy (non-hydrogen) atoms. The number of hydrogen-bond acceptors (Lipinski definition) is 3. The zero-order valence-corrected chi connectivity index (χ0v) is 22.2. The summed E-state index contributed by atoms with van der Waals surface area (Å²) in [5.74, 6) is -0.185. The Hall–Kier alpha value is -3.80. The van der Waals surface area contributed by atoms with Crippen LogP contribution < -0.4 is 10.1 Å². The van der Waals surface area contributed by atoms with Gasteiger partial charge in [0.15, 0.2) is 6.61 Å². The lowest BCUT2D eigenvalue weighted by Crippen LogP contribution is -2.51. The van der Waals surface area contributed by atoms with Crippen molar-refractivity contribution < 1.29 is 14.3 Å². The average molecular weight is 547 g/mol. The van der Waals surface area contributed by atoms with Crippen LogP contribution in [-0.2, 0) is 29.1 Å². The van der Waals surface area contributed by atoms with Gasteiger partial charge in [-0.1, -0.05) is 108 Å². The zero-order chi connectivity index (χ0) is 26.7. The summed E-state index contributed by atoms with van der Waals surface area (Å²) in [7, 11) is 0. The molecule has 0 aliphatic carbocycles. The standard InChI is InChI=1S/C31H28Cl2N2O3/c32-26-17-15-25(16-18-26)21-35(30(36)22-38-29-14-8-7-13-27(29)33)28(19-23-9-3-1-4-10-23)31(37)34-20-24-11-5-2-6-12-24/h1-18,28H,19-22H2,(H,34,37)/t28-/m1/s1. The lowest BCUT2D eigenvalue weighted by molar-refractivity contribution is -0.142. The molecule has 0 aliphatic rings. The third kappa shape index (κ3) is 7.85. The normalized spacial score (nSPS) is 11.4. The van der Waals surface area contributed by atoms with Crippen molar-refractivity contribution in [3.05, 3.63) is 136 Å². The highest BCUT2D eigenvalue weighted by atomic mass is 35.5. The number of halogens is 2. The molecule has 0 saturated heterocycles. The van der Waals surface area contributed by atoms with Crippen LogP contribution >= 0.6 is 23.2 Å². The predicted molar refractivity (Wildman–Crippen MR) is 151 cm³/mol. The Balaban J connectivity index is 1.61. The van der Waals surface area contributed by atoms with E-state index in [1.54, 1.807) is 41.3 Å². The van der Waals surface area contributed by atoms with E-state index in [-0.39, 0.29) is 25.0 Å². The fraction of sp³-hybridized carbons (Fsp3) is 0.161. The first-order valence-corrected chi connectivity index (χ1v) is 13.0. The first-order chi connectivity index (χ1) is 18.5. The molecule has 2 amide bonds. The van der Waals surface area contributed by atoms with Crippen LogP contribution in [0.25, 0.3) is 0 Å². The molecule has 0 fully saturated rings. The van der Waals surface area contributed by atoms with Crippen molar-refractivity contribution in [3.63, 3.8) is 0 Å². The number of ether oxygens (including phenoxy) is 1. The van der Waals surface area contributed by atoms with Crippen molar-refractivity contribution in [2.24, 2.45) is 0 Å². The van der Waals surface area contributed by atoms with Crippen LogP contribution in [0.3, 0.4) is 0 Å².